The summed E-state index contributed by atoms with van der Waals surface area (Å²) in [5, 5.41) is 5.93. The van der Waals surface area contributed by atoms with Gasteiger partial charge in [0.25, 0.3) is 5.91 Å². The maximum absolute atomic E-state index is 12.6. The molecule has 0 radical (unpaired) electrons. The van der Waals surface area contributed by atoms with Gasteiger partial charge in [0.05, 0.1) is 23.7 Å². The summed E-state index contributed by atoms with van der Waals surface area (Å²) in [7, 11) is 0. The van der Waals surface area contributed by atoms with Gasteiger partial charge in [-0.1, -0.05) is 48.6 Å². The molecular formula is C20H22N3OS+. The highest BCUT2D eigenvalue weighted by atomic mass is 32.1. The molecule has 3 aromatic rings. The molecule has 1 aliphatic heterocycles. The summed E-state index contributed by atoms with van der Waals surface area (Å²) in [5.74, 6) is -0.0883. The Morgan fingerprint density at radius 2 is 2.08 bits per heavy atom. The average molecular weight is 352 g/mol. The molecule has 4 nitrogen and oxygen atoms in total. The van der Waals surface area contributed by atoms with Crippen molar-refractivity contribution in [1.29, 1.82) is 0 Å². The number of quaternary nitrogens is 1. The first-order chi connectivity index (χ1) is 12.2. The quantitative estimate of drug-likeness (QED) is 0.758. The standard InChI is InChI=1S/C20H21N3OS/c1-2-10-23-11-9-17-18(13-23)25-20(21-17)22-19(24)16-8-7-14-5-3-4-6-15(14)12-16/h3-8,12H,2,9-11,13H2,1H3,(H,21,22,24)/p+1. The molecule has 0 aliphatic carbocycles. The van der Waals surface area contributed by atoms with Gasteiger partial charge in [0.2, 0.25) is 0 Å². The zero-order valence-electron chi connectivity index (χ0n) is 14.3. The van der Waals surface area contributed by atoms with Crippen LogP contribution in [0.1, 0.15) is 34.3 Å². The fourth-order valence-electron chi connectivity index (χ4n) is 3.45. The van der Waals surface area contributed by atoms with Crippen molar-refractivity contribution in [3.63, 3.8) is 0 Å². The van der Waals surface area contributed by atoms with Crippen molar-refractivity contribution in [3.05, 3.63) is 58.6 Å². The second-order valence-electron chi connectivity index (χ2n) is 6.58. The van der Waals surface area contributed by atoms with E-state index in [1.54, 1.807) is 16.2 Å². The van der Waals surface area contributed by atoms with Gasteiger partial charge in [0, 0.05) is 12.0 Å². The topological polar surface area (TPSA) is 46.4 Å². The van der Waals surface area contributed by atoms with E-state index < -0.39 is 0 Å². The lowest BCUT2D eigenvalue weighted by atomic mass is 10.1. The van der Waals surface area contributed by atoms with E-state index in [4.69, 9.17) is 0 Å². The minimum absolute atomic E-state index is 0.0883. The molecule has 128 valence electrons. The molecule has 0 saturated heterocycles. The monoisotopic (exact) mass is 352 g/mol. The van der Waals surface area contributed by atoms with Crippen molar-refractivity contribution in [3.8, 4) is 0 Å². The van der Waals surface area contributed by atoms with Gasteiger partial charge in [0.1, 0.15) is 6.54 Å². The van der Waals surface area contributed by atoms with Crippen molar-refractivity contribution in [1.82, 2.24) is 4.98 Å². The maximum Gasteiger partial charge on any atom is 0.257 e. The summed E-state index contributed by atoms with van der Waals surface area (Å²) in [5.41, 5.74) is 1.84. The predicted octanol–water partition coefficient (Wildman–Crippen LogP) is 2.90. The zero-order valence-corrected chi connectivity index (χ0v) is 15.2. The number of hydrogen-bond acceptors (Lipinski definition) is 3. The smallest absolute Gasteiger partial charge is 0.257 e. The van der Waals surface area contributed by atoms with E-state index in [0.717, 1.165) is 35.4 Å². The number of nitrogens with one attached hydrogen (secondary N) is 2. The lowest BCUT2D eigenvalue weighted by molar-refractivity contribution is -0.915. The predicted molar refractivity (Wildman–Crippen MR) is 102 cm³/mol. The van der Waals surface area contributed by atoms with Gasteiger partial charge < -0.3 is 4.90 Å². The molecule has 1 atom stereocenters. The third kappa shape index (κ3) is 3.43. The van der Waals surface area contributed by atoms with Crippen LogP contribution in [-0.4, -0.2) is 24.0 Å². The molecule has 1 aliphatic rings. The van der Waals surface area contributed by atoms with Crippen molar-refractivity contribution >= 4 is 33.1 Å². The molecule has 2 heterocycles. The maximum atomic E-state index is 12.6. The Morgan fingerprint density at radius 1 is 1.24 bits per heavy atom. The Bertz CT molecular complexity index is 918. The molecule has 1 aromatic heterocycles. The van der Waals surface area contributed by atoms with Gasteiger partial charge >= 0.3 is 0 Å². The molecule has 0 saturated carbocycles. The van der Waals surface area contributed by atoms with Crippen LogP contribution in [0.15, 0.2) is 42.5 Å². The number of carbonyl (C=O) groups excluding carboxylic acids is 1. The minimum Gasteiger partial charge on any atom is -0.330 e. The van der Waals surface area contributed by atoms with Crippen LogP contribution in [0.5, 0.6) is 0 Å². The summed E-state index contributed by atoms with van der Waals surface area (Å²) in [4.78, 5) is 20.2. The molecule has 0 spiro atoms. The van der Waals surface area contributed by atoms with Crippen LogP contribution in [-0.2, 0) is 13.0 Å². The van der Waals surface area contributed by atoms with E-state index in [0.29, 0.717) is 5.56 Å². The van der Waals surface area contributed by atoms with Gasteiger partial charge in [-0.25, -0.2) is 4.98 Å². The molecule has 0 fully saturated rings. The van der Waals surface area contributed by atoms with E-state index in [1.807, 2.05) is 36.4 Å². The number of anilines is 1. The number of fused-ring (bicyclic) bond motifs is 2. The Hall–Kier alpha value is -2.24. The molecule has 5 heteroatoms. The normalized spacial score (nSPS) is 16.6. The third-order valence-electron chi connectivity index (χ3n) is 4.74. The molecule has 1 unspecified atom stereocenters. The lowest BCUT2D eigenvalue weighted by Crippen LogP contribution is -3.11. The molecular weight excluding hydrogens is 330 g/mol. The minimum atomic E-state index is -0.0883. The van der Waals surface area contributed by atoms with Crippen LogP contribution in [0, 0.1) is 0 Å². The highest BCUT2D eigenvalue weighted by Gasteiger charge is 2.23. The van der Waals surface area contributed by atoms with Gasteiger partial charge in [-0.2, -0.15) is 0 Å². The number of carbonyl (C=O) groups is 1. The van der Waals surface area contributed by atoms with Crippen LogP contribution in [0.3, 0.4) is 0 Å². The van der Waals surface area contributed by atoms with Crippen LogP contribution in [0.4, 0.5) is 5.13 Å². The number of hydrogen-bond donors (Lipinski definition) is 2. The van der Waals surface area contributed by atoms with Crippen LogP contribution in [0.2, 0.25) is 0 Å². The van der Waals surface area contributed by atoms with E-state index in [2.05, 4.69) is 23.3 Å². The Labute approximate surface area is 151 Å². The summed E-state index contributed by atoms with van der Waals surface area (Å²) in [6, 6.07) is 13.9. The Balaban J connectivity index is 1.51. The molecule has 0 bridgehead atoms. The van der Waals surface area contributed by atoms with E-state index >= 15 is 0 Å². The van der Waals surface area contributed by atoms with E-state index in [1.165, 1.54) is 23.5 Å². The largest absolute Gasteiger partial charge is 0.330 e. The highest BCUT2D eigenvalue weighted by molar-refractivity contribution is 7.15. The number of aromatic nitrogens is 1. The first kappa shape index (κ1) is 16.2. The van der Waals surface area contributed by atoms with Crippen LogP contribution >= 0.6 is 11.3 Å². The summed E-state index contributed by atoms with van der Waals surface area (Å²) in [6.45, 7) is 5.61. The SMILES string of the molecule is CCC[NH+]1CCc2nc(NC(=O)c3ccc4ccccc4c3)sc2C1. The number of nitrogens with zero attached hydrogens (tertiary/aromatic N) is 1. The van der Waals surface area contributed by atoms with Gasteiger partial charge in [-0.05, 0) is 29.3 Å². The van der Waals surface area contributed by atoms with E-state index in [9.17, 15) is 4.79 Å². The van der Waals surface area contributed by atoms with Crippen molar-refractivity contribution in [2.45, 2.75) is 26.3 Å². The first-order valence-electron chi connectivity index (χ1n) is 8.85. The number of benzene rings is 2. The van der Waals surface area contributed by atoms with Gasteiger partial charge in [0.15, 0.2) is 5.13 Å². The van der Waals surface area contributed by atoms with Crippen LogP contribution in [0.25, 0.3) is 10.8 Å². The molecule has 25 heavy (non-hydrogen) atoms. The number of rotatable bonds is 4. The van der Waals surface area contributed by atoms with Crippen LogP contribution < -0.4 is 10.2 Å². The summed E-state index contributed by atoms with van der Waals surface area (Å²) >= 11 is 1.63. The zero-order chi connectivity index (χ0) is 17.2. The second-order valence-corrected chi connectivity index (χ2v) is 7.67. The molecule has 4 rings (SSSR count). The lowest BCUT2D eigenvalue weighted by Gasteiger charge is -2.22. The van der Waals surface area contributed by atoms with Crippen molar-refractivity contribution in [2.75, 3.05) is 18.4 Å². The van der Waals surface area contributed by atoms with Crippen molar-refractivity contribution in [2.24, 2.45) is 0 Å². The summed E-state index contributed by atoms with van der Waals surface area (Å²) in [6.07, 6.45) is 2.21. The first-order valence-corrected chi connectivity index (χ1v) is 9.67. The fourth-order valence-corrected chi connectivity index (χ4v) is 4.52. The molecule has 2 N–H and O–H groups in total. The molecule has 2 aromatic carbocycles. The van der Waals surface area contributed by atoms with Gasteiger partial charge in [-0.15, -0.1) is 0 Å². The number of thiazole rings is 1. The second kappa shape index (κ2) is 6.94. The van der Waals surface area contributed by atoms with E-state index in [-0.39, 0.29) is 5.91 Å². The highest BCUT2D eigenvalue weighted by Crippen LogP contribution is 2.25. The Kier molecular flexibility index (Phi) is 4.51. The third-order valence-corrected chi connectivity index (χ3v) is 5.75. The summed E-state index contributed by atoms with van der Waals surface area (Å²) < 4.78 is 0. The van der Waals surface area contributed by atoms with Crippen molar-refractivity contribution < 1.29 is 9.69 Å². The fraction of sp³-hybridized carbons (Fsp3) is 0.300. The average Bonchev–Trinajstić information content (AvgIpc) is 3.03. The van der Waals surface area contributed by atoms with Gasteiger partial charge in [-0.3, -0.25) is 10.1 Å². The number of amides is 1. The Morgan fingerprint density at radius 3 is 2.92 bits per heavy atom. The molecule has 1 amide bonds.